The molecule has 0 aliphatic carbocycles. The molecule has 312 valence electrons. The molecule has 60 heavy (non-hydrogen) atoms. The van der Waals surface area contributed by atoms with Crippen molar-refractivity contribution in [2.45, 2.75) is 107 Å². The van der Waals surface area contributed by atoms with Crippen molar-refractivity contribution in [1.29, 1.82) is 0 Å². The second-order valence-corrected chi connectivity index (χ2v) is 19.7. The molecule has 0 N–H and O–H groups in total. The van der Waals surface area contributed by atoms with Crippen LogP contribution in [0.15, 0.2) is 103 Å². The van der Waals surface area contributed by atoms with Gasteiger partial charge in [0.1, 0.15) is 5.82 Å². The quantitative estimate of drug-likeness (QED) is 0.118. The molecule has 0 radical (unpaired) electrons. The van der Waals surface area contributed by atoms with Crippen LogP contribution in [-0.2, 0) is 44.6 Å². The van der Waals surface area contributed by atoms with E-state index >= 15 is 0 Å². The Morgan fingerprint density at radius 3 is 1.93 bits per heavy atom. The summed E-state index contributed by atoms with van der Waals surface area (Å²) in [6, 6.07) is 36.8. The number of para-hydroxylation sites is 1. The minimum atomic E-state index is -1.79. The number of imidazole rings is 1. The van der Waals surface area contributed by atoms with Gasteiger partial charge in [-0.15, -0.1) is 17.5 Å². The van der Waals surface area contributed by atoms with Crippen LogP contribution in [0, 0.1) is 29.3 Å². The number of fused-ring (bicyclic) bond motifs is 4. The molecule has 8 aromatic rings. The number of hydrogen-bond acceptors (Lipinski definition) is 3. The SMILES string of the molecule is [2H]C([2H])(c1cc(-[n+]2[c-]n(-c3[c-]c(Oc4[c-]c5c(cc4)c4ccccc4n5-c4cc(C(C)(C)C)ccn4)ccn3)c3cc(C(C)(C)C)ccc32)cc(C([2H])([2H])C(C)(C)C)c1)C(C)(C)C.[Pt]. The fraction of sp³-hybridized carbons (Fsp3) is 0.340. The van der Waals surface area contributed by atoms with Gasteiger partial charge in [0.15, 0.2) is 0 Å². The third-order valence-electron chi connectivity index (χ3n) is 10.2. The minimum absolute atomic E-state index is 0. The Morgan fingerprint density at radius 2 is 1.27 bits per heavy atom. The van der Waals surface area contributed by atoms with Crippen LogP contribution in [-0.4, -0.2) is 19.1 Å². The molecule has 8 rings (SSSR count). The number of ether oxygens (including phenoxy) is 1. The Morgan fingerprint density at radius 1 is 0.633 bits per heavy atom. The number of hydrogen-bond donors (Lipinski definition) is 0. The van der Waals surface area contributed by atoms with E-state index in [4.69, 9.17) is 14.7 Å². The van der Waals surface area contributed by atoms with E-state index in [0.29, 0.717) is 34.1 Å². The van der Waals surface area contributed by atoms with E-state index in [2.05, 4.69) is 107 Å². The Labute approximate surface area is 376 Å². The Hall–Kier alpha value is -5.06. The summed E-state index contributed by atoms with van der Waals surface area (Å²) < 4.78 is 49.6. The molecule has 4 aromatic heterocycles. The zero-order valence-electron chi connectivity index (χ0n) is 40.8. The second-order valence-electron chi connectivity index (χ2n) is 19.7. The van der Waals surface area contributed by atoms with Crippen molar-refractivity contribution >= 4 is 32.8 Å². The van der Waals surface area contributed by atoms with Gasteiger partial charge < -0.3 is 9.30 Å². The minimum Gasteiger partial charge on any atom is -0.522 e. The molecule has 0 spiro atoms. The first-order valence-electron chi connectivity index (χ1n) is 22.4. The molecule has 0 aliphatic rings. The van der Waals surface area contributed by atoms with E-state index in [9.17, 15) is 5.48 Å². The average Bonchev–Trinajstić information content (AvgIpc) is 3.75. The summed E-state index contributed by atoms with van der Waals surface area (Å²) in [7, 11) is 0. The molecule has 6 nitrogen and oxygen atoms in total. The summed E-state index contributed by atoms with van der Waals surface area (Å²) in [5.74, 6) is 2.18. The third-order valence-corrected chi connectivity index (χ3v) is 10.2. The van der Waals surface area contributed by atoms with E-state index in [1.54, 1.807) is 18.3 Å². The van der Waals surface area contributed by atoms with E-state index in [1.807, 2.05) is 93.3 Å². The molecule has 0 unspecified atom stereocenters. The molecule has 0 amide bonds. The number of pyridine rings is 2. The fourth-order valence-electron chi connectivity index (χ4n) is 7.50. The number of benzene rings is 4. The first-order chi connectivity index (χ1) is 29.3. The molecule has 0 aliphatic heterocycles. The van der Waals surface area contributed by atoms with Gasteiger partial charge in [-0.05, 0) is 93.1 Å². The van der Waals surface area contributed by atoms with Crippen LogP contribution < -0.4 is 9.30 Å². The van der Waals surface area contributed by atoms with Gasteiger partial charge in [0.2, 0.25) is 0 Å². The molecule has 4 heterocycles. The first kappa shape index (κ1) is 37.9. The topological polar surface area (TPSA) is 48.8 Å². The van der Waals surface area contributed by atoms with Gasteiger partial charge in [-0.2, -0.15) is 18.2 Å². The standard InChI is InChI=1S/C53H57N5O.Pt/c1-50(2,3)32-35-25-36(33-51(4,5)6)27-39(26-35)56-34-57(47-28-37(52(7,8)9)17-20-45(47)56)48-31-41(22-24-54-48)59-40-18-19-43-42-15-13-14-16-44(42)58(46(43)30-40)49-29-38(21-23-55-49)53(10,11)12;/h13-29H,32-33H2,1-12H3;/q-2;/i32D2,33D2;. The molecular weight excluding hydrogens is 918 g/mol. The summed E-state index contributed by atoms with van der Waals surface area (Å²) in [4.78, 5) is 9.60. The Balaban J connectivity index is 0.00000612. The first-order valence-corrected chi connectivity index (χ1v) is 20.4. The van der Waals surface area contributed by atoms with Crippen LogP contribution in [0.4, 0.5) is 0 Å². The molecule has 4 aromatic carbocycles. The summed E-state index contributed by atoms with van der Waals surface area (Å²) in [5.41, 5.74) is 5.35. The molecule has 0 fully saturated rings. The van der Waals surface area contributed by atoms with Crippen molar-refractivity contribution in [3.8, 4) is 28.8 Å². The molecule has 7 heteroatoms. The van der Waals surface area contributed by atoms with Crippen LogP contribution in [0.2, 0.25) is 0 Å². The van der Waals surface area contributed by atoms with Crippen LogP contribution in [0.5, 0.6) is 11.5 Å². The van der Waals surface area contributed by atoms with Crippen LogP contribution >= 0.6 is 0 Å². The Kier molecular flexibility index (Phi) is 9.96. The largest absolute Gasteiger partial charge is 0.522 e. The average molecular weight is 979 g/mol. The third kappa shape index (κ3) is 9.00. The van der Waals surface area contributed by atoms with Crippen molar-refractivity contribution in [2.75, 3.05) is 0 Å². The normalized spacial score (nSPS) is 14.1. The number of aromatic nitrogens is 5. The monoisotopic (exact) mass is 978 g/mol. The smallest absolute Gasteiger partial charge is 0.269 e. The van der Waals surface area contributed by atoms with E-state index in [-0.39, 0.29) is 31.9 Å². The van der Waals surface area contributed by atoms with Gasteiger partial charge in [-0.3, -0.25) is 14.1 Å². The maximum absolute atomic E-state index is 9.29. The van der Waals surface area contributed by atoms with Crippen LogP contribution in [0.3, 0.4) is 0 Å². The van der Waals surface area contributed by atoms with E-state index in [0.717, 1.165) is 44.2 Å². The molecule has 0 atom stereocenters. The van der Waals surface area contributed by atoms with Crippen LogP contribution in [0.1, 0.15) is 111 Å². The second kappa shape index (κ2) is 15.8. The summed E-state index contributed by atoms with van der Waals surface area (Å²) >= 11 is 0. The van der Waals surface area contributed by atoms with Crippen molar-refractivity contribution in [3.63, 3.8) is 0 Å². The zero-order chi connectivity index (χ0) is 45.7. The molecule has 0 saturated carbocycles. The summed E-state index contributed by atoms with van der Waals surface area (Å²) in [6.45, 7) is 24.3. The maximum Gasteiger partial charge on any atom is 0.269 e. The van der Waals surface area contributed by atoms with Crippen molar-refractivity contribution in [1.82, 2.24) is 19.1 Å². The van der Waals surface area contributed by atoms with Gasteiger partial charge in [0.05, 0.1) is 22.5 Å². The number of nitrogens with zero attached hydrogens (tertiary/aromatic N) is 5. The van der Waals surface area contributed by atoms with E-state index in [1.165, 1.54) is 5.56 Å². The molecule has 0 bridgehead atoms. The van der Waals surface area contributed by atoms with Gasteiger partial charge in [-0.25, -0.2) is 4.98 Å². The van der Waals surface area contributed by atoms with Gasteiger partial charge >= 0.3 is 0 Å². The fourth-order valence-corrected chi connectivity index (χ4v) is 7.50. The summed E-state index contributed by atoms with van der Waals surface area (Å²) in [5, 5.41) is 2.13. The van der Waals surface area contributed by atoms with Crippen molar-refractivity contribution in [3.05, 3.63) is 144 Å². The predicted molar refractivity (Wildman–Crippen MR) is 241 cm³/mol. The zero-order valence-corrected chi connectivity index (χ0v) is 39.0. The van der Waals surface area contributed by atoms with Gasteiger partial charge in [-0.1, -0.05) is 142 Å². The molecule has 0 saturated heterocycles. The van der Waals surface area contributed by atoms with E-state index < -0.39 is 23.6 Å². The van der Waals surface area contributed by atoms with Crippen molar-refractivity contribution < 1.29 is 35.9 Å². The van der Waals surface area contributed by atoms with Crippen molar-refractivity contribution in [2.24, 2.45) is 10.8 Å². The van der Waals surface area contributed by atoms with Gasteiger partial charge in [0.25, 0.3) is 6.33 Å². The molecular formula is C53H57N5OPt-2. The predicted octanol–water partition coefficient (Wildman–Crippen LogP) is 12.8. The summed E-state index contributed by atoms with van der Waals surface area (Å²) in [6.07, 6.45) is 3.51. The van der Waals surface area contributed by atoms with Crippen LogP contribution in [0.25, 0.3) is 50.2 Å². The van der Waals surface area contributed by atoms with Gasteiger partial charge in [0, 0.05) is 44.0 Å². The maximum atomic E-state index is 9.29. The Bertz CT molecular complexity index is 3000. The number of rotatable bonds is 7.